The van der Waals surface area contributed by atoms with Crippen LogP contribution in [0.15, 0.2) is 24.3 Å². The lowest BCUT2D eigenvalue weighted by molar-refractivity contribution is 0.467. The maximum absolute atomic E-state index is 10.6. The van der Waals surface area contributed by atoms with Crippen LogP contribution in [0.1, 0.15) is 98.6 Å². The van der Waals surface area contributed by atoms with Crippen molar-refractivity contribution in [3.63, 3.8) is 0 Å². The van der Waals surface area contributed by atoms with E-state index >= 15 is 0 Å². The Morgan fingerprint density at radius 2 is 1.11 bits per heavy atom. The van der Waals surface area contributed by atoms with Crippen LogP contribution in [0.3, 0.4) is 0 Å². The molecule has 28 heavy (non-hydrogen) atoms. The van der Waals surface area contributed by atoms with Gasteiger partial charge in [0.2, 0.25) is 0 Å². The van der Waals surface area contributed by atoms with Gasteiger partial charge >= 0.3 is 0 Å². The summed E-state index contributed by atoms with van der Waals surface area (Å²) in [6.45, 7) is 10.6. The number of aromatic hydroxyl groups is 2. The summed E-state index contributed by atoms with van der Waals surface area (Å²) in [5.74, 6) is 0.989. The first-order chi connectivity index (χ1) is 13.4. The molecule has 0 atom stereocenters. The van der Waals surface area contributed by atoms with Gasteiger partial charge in [-0.05, 0) is 91.5 Å². The zero-order valence-electron chi connectivity index (χ0n) is 18.4. The van der Waals surface area contributed by atoms with Crippen LogP contribution < -0.4 is 0 Å². The van der Waals surface area contributed by atoms with Crippen molar-refractivity contribution in [2.45, 2.75) is 91.9 Å². The molecule has 0 amide bonds. The van der Waals surface area contributed by atoms with Crippen molar-refractivity contribution in [2.24, 2.45) is 0 Å². The van der Waals surface area contributed by atoms with Crippen molar-refractivity contribution in [3.8, 4) is 11.5 Å². The third-order valence-corrected chi connectivity index (χ3v) is 6.00. The van der Waals surface area contributed by atoms with Crippen molar-refractivity contribution < 1.29 is 10.2 Å². The lowest BCUT2D eigenvalue weighted by Crippen LogP contribution is -2.05. The van der Waals surface area contributed by atoms with Crippen molar-refractivity contribution in [1.82, 2.24) is 0 Å². The number of phenolic OH excluding ortho intramolecular Hbond substituents is 2. The molecule has 2 aromatic carbocycles. The molecule has 0 aromatic heterocycles. The topological polar surface area (TPSA) is 40.5 Å². The lowest BCUT2D eigenvalue weighted by atomic mass is 9.83. The summed E-state index contributed by atoms with van der Waals surface area (Å²) in [5, 5.41) is 21.1. The summed E-state index contributed by atoms with van der Waals surface area (Å²) in [5.41, 5.74) is 6.84. The van der Waals surface area contributed by atoms with E-state index < -0.39 is 0 Å². The first kappa shape index (κ1) is 22.3. The minimum Gasteiger partial charge on any atom is -0.508 e. The van der Waals surface area contributed by atoms with Crippen LogP contribution >= 0.6 is 0 Å². The zero-order chi connectivity index (χ0) is 20.7. The van der Waals surface area contributed by atoms with Gasteiger partial charge < -0.3 is 10.2 Å². The average molecular weight is 383 g/mol. The Labute approximate surface area is 171 Å². The van der Waals surface area contributed by atoms with Gasteiger partial charge in [-0.1, -0.05) is 52.2 Å². The van der Waals surface area contributed by atoms with Gasteiger partial charge in [-0.25, -0.2) is 0 Å². The SMILES string of the molecule is CCCCc1cc(C(CCC)c2cc(O)c(C)c(CCCC)c2)cc(O)c1C. The van der Waals surface area contributed by atoms with Crippen molar-refractivity contribution in [3.05, 3.63) is 57.6 Å². The fourth-order valence-electron chi connectivity index (χ4n) is 4.03. The number of hydrogen-bond donors (Lipinski definition) is 2. The van der Waals surface area contributed by atoms with E-state index in [9.17, 15) is 10.2 Å². The Balaban J connectivity index is 2.51. The molecule has 0 aliphatic carbocycles. The molecule has 0 radical (unpaired) electrons. The molecule has 0 fully saturated rings. The third-order valence-electron chi connectivity index (χ3n) is 6.00. The number of phenols is 2. The second kappa shape index (κ2) is 10.5. The van der Waals surface area contributed by atoms with Gasteiger partial charge in [0.25, 0.3) is 0 Å². The second-order valence-electron chi connectivity index (χ2n) is 8.20. The van der Waals surface area contributed by atoms with Crippen LogP contribution in [0.4, 0.5) is 0 Å². The highest BCUT2D eigenvalue weighted by Gasteiger charge is 2.19. The molecule has 154 valence electrons. The van der Waals surface area contributed by atoms with Gasteiger partial charge in [0, 0.05) is 5.92 Å². The normalized spacial score (nSPS) is 11.4. The molecule has 0 heterocycles. The summed E-state index contributed by atoms with van der Waals surface area (Å²) in [6, 6.07) is 8.45. The molecule has 2 nitrogen and oxygen atoms in total. The molecule has 2 heteroatoms. The minimum atomic E-state index is 0.198. The van der Waals surface area contributed by atoms with Crippen LogP contribution in [0.25, 0.3) is 0 Å². The molecule has 0 bridgehead atoms. The number of rotatable bonds is 10. The standard InChI is InChI=1S/C26H38O2/c1-6-9-12-20-14-22(16-25(27)18(20)4)24(11-8-3)23-15-21(13-10-7-2)19(5)26(28)17-23/h14-17,24,27-28H,6-13H2,1-5H3. The fourth-order valence-corrected chi connectivity index (χ4v) is 4.03. The first-order valence-corrected chi connectivity index (χ1v) is 11.1. The number of unbranched alkanes of at least 4 members (excludes halogenated alkanes) is 2. The minimum absolute atomic E-state index is 0.198. The van der Waals surface area contributed by atoms with Gasteiger partial charge in [-0.3, -0.25) is 0 Å². The highest BCUT2D eigenvalue weighted by molar-refractivity contribution is 5.49. The summed E-state index contributed by atoms with van der Waals surface area (Å²) in [7, 11) is 0. The maximum atomic E-state index is 10.6. The summed E-state index contributed by atoms with van der Waals surface area (Å²) in [6.07, 6.45) is 8.63. The summed E-state index contributed by atoms with van der Waals surface area (Å²) >= 11 is 0. The Morgan fingerprint density at radius 3 is 1.46 bits per heavy atom. The largest absolute Gasteiger partial charge is 0.508 e. The van der Waals surface area contributed by atoms with Gasteiger partial charge in [-0.2, -0.15) is 0 Å². The maximum Gasteiger partial charge on any atom is 0.119 e. The van der Waals surface area contributed by atoms with E-state index in [1.807, 2.05) is 26.0 Å². The molecule has 2 N–H and O–H groups in total. The van der Waals surface area contributed by atoms with Crippen LogP contribution in [0, 0.1) is 13.8 Å². The van der Waals surface area contributed by atoms with Crippen LogP contribution in [-0.4, -0.2) is 10.2 Å². The van der Waals surface area contributed by atoms with E-state index in [4.69, 9.17) is 0 Å². The van der Waals surface area contributed by atoms with Crippen molar-refractivity contribution in [1.29, 1.82) is 0 Å². The van der Waals surface area contributed by atoms with Gasteiger partial charge in [0.15, 0.2) is 0 Å². The third kappa shape index (κ3) is 5.31. The zero-order valence-corrected chi connectivity index (χ0v) is 18.4. The van der Waals surface area contributed by atoms with Crippen LogP contribution in [0.2, 0.25) is 0 Å². The molecular weight excluding hydrogens is 344 g/mol. The molecule has 0 saturated heterocycles. The quantitative estimate of drug-likeness (QED) is 0.451. The van der Waals surface area contributed by atoms with E-state index in [2.05, 4.69) is 32.9 Å². The highest BCUT2D eigenvalue weighted by atomic mass is 16.3. The Hall–Kier alpha value is -1.96. The van der Waals surface area contributed by atoms with Gasteiger partial charge in [0.05, 0.1) is 0 Å². The van der Waals surface area contributed by atoms with Crippen LogP contribution in [-0.2, 0) is 12.8 Å². The Morgan fingerprint density at radius 1 is 0.679 bits per heavy atom. The average Bonchev–Trinajstić information content (AvgIpc) is 2.68. The smallest absolute Gasteiger partial charge is 0.119 e. The predicted octanol–water partition coefficient (Wildman–Crippen LogP) is 7.33. The van der Waals surface area contributed by atoms with E-state index in [-0.39, 0.29) is 5.92 Å². The molecular formula is C26H38O2. The van der Waals surface area contributed by atoms with E-state index in [0.717, 1.165) is 62.5 Å². The molecule has 2 aromatic rings. The number of hydrogen-bond acceptors (Lipinski definition) is 2. The molecule has 2 rings (SSSR count). The second-order valence-corrected chi connectivity index (χ2v) is 8.20. The number of aryl methyl sites for hydroxylation is 2. The molecule has 0 aliphatic heterocycles. The fraction of sp³-hybridized carbons (Fsp3) is 0.538. The van der Waals surface area contributed by atoms with E-state index in [0.29, 0.717) is 11.5 Å². The predicted molar refractivity (Wildman–Crippen MR) is 120 cm³/mol. The molecule has 0 saturated carbocycles. The van der Waals surface area contributed by atoms with Gasteiger partial charge in [0.1, 0.15) is 11.5 Å². The van der Waals surface area contributed by atoms with Crippen molar-refractivity contribution >= 4 is 0 Å². The summed E-state index contributed by atoms with van der Waals surface area (Å²) < 4.78 is 0. The van der Waals surface area contributed by atoms with E-state index in [1.54, 1.807) is 0 Å². The monoisotopic (exact) mass is 382 g/mol. The van der Waals surface area contributed by atoms with Gasteiger partial charge in [-0.15, -0.1) is 0 Å². The van der Waals surface area contributed by atoms with Crippen LogP contribution in [0.5, 0.6) is 11.5 Å². The molecule has 0 aliphatic rings. The number of benzene rings is 2. The molecule has 0 unspecified atom stereocenters. The first-order valence-electron chi connectivity index (χ1n) is 11.1. The van der Waals surface area contributed by atoms with E-state index in [1.165, 1.54) is 22.3 Å². The van der Waals surface area contributed by atoms with Crippen molar-refractivity contribution in [2.75, 3.05) is 0 Å². The summed E-state index contributed by atoms with van der Waals surface area (Å²) in [4.78, 5) is 0. The lowest BCUT2D eigenvalue weighted by Gasteiger charge is -2.22. The highest BCUT2D eigenvalue weighted by Crippen LogP contribution is 2.37. The molecule has 0 spiro atoms. The Kier molecular flexibility index (Phi) is 8.41. The Bertz CT molecular complexity index is 713.